The third-order valence-corrected chi connectivity index (χ3v) is 2.79. The smallest absolute Gasteiger partial charge is 0.0465 e. The first-order valence-electron chi connectivity index (χ1n) is 4.23. The molecule has 0 fully saturated rings. The first kappa shape index (κ1) is 9.62. The molecule has 12 heavy (non-hydrogen) atoms. The van der Waals surface area contributed by atoms with Crippen LogP contribution in [0.5, 0.6) is 0 Å². The highest BCUT2D eigenvalue weighted by Crippen LogP contribution is 2.20. The average molecular weight is 181 g/mol. The lowest BCUT2D eigenvalue weighted by Gasteiger charge is -2.04. The van der Waals surface area contributed by atoms with Gasteiger partial charge in [0, 0.05) is 10.8 Å². The fourth-order valence-electron chi connectivity index (χ4n) is 0.949. The van der Waals surface area contributed by atoms with Gasteiger partial charge in [0.05, 0.1) is 0 Å². The zero-order chi connectivity index (χ0) is 8.81. The van der Waals surface area contributed by atoms with Gasteiger partial charge in [0.25, 0.3) is 0 Å². The van der Waals surface area contributed by atoms with Gasteiger partial charge in [0.15, 0.2) is 0 Å². The van der Waals surface area contributed by atoms with Gasteiger partial charge >= 0.3 is 0 Å². The van der Waals surface area contributed by atoms with Crippen LogP contribution in [0.15, 0.2) is 29.2 Å². The monoisotopic (exact) mass is 181 g/mol. The number of thioether (sulfide) groups is 1. The number of rotatable bonds is 4. The van der Waals surface area contributed by atoms with Crippen LogP contribution in [0, 0.1) is 6.92 Å². The highest BCUT2D eigenvalue weighted by Gasteiger charge is 1.95. The molecule has 0 saturated carbocycles. The first-order chi connectivity index (χ1) is 5.84. The SMILES string of the molecule is CCNCSc1ccccc1C. The maximum atomic E-state index is 3.29. The molecule has 1 nitrogen and oxygen atoms in total. The van der Waals surface area contributed by atoms with Crippen molar-refractivity contribution >= 4 is 11.8 Å². The average Bonchev–Trinajstić information content (AvgIpc) is 2.09. The highest BCUT2D eigenvalue weighted by molar-refractivity contribution is 7.99. The van der Waals surface area contributed by atoms with E-state index in [0.717, 1.165) is 12.4 Å². The molecule has 0 atom stereocenters. The van der Waals surface area contributed by atoms with Crippen LogP contribution in [0.1, 0.15) is 12.5 Å². The van der Waals surface area contributed by atoms with Gasteiger partial charge in [0.2, 0.25) is 0 Å². The van der Waals surface area contributed by atoms with Crippen molar-refractivity contribution in [3.8, 4) is 0 Å². The predicted octanol–water partition coefficient (Wildman–Crippen LogP) is 2.65. The molecule has 0 aliphatic rings. The molecule has 0 aliphatic heterocycles. The quantitative estimate of drug-likeness (QED) is 0.435. The highest BCUT2D eigenvalue weighted by atomic mass is 32.2. The fourth-order valence-corrected chi connectivity index (χ4v) is 1.88. The third kappa shape index (κ3) is 2.88. The molecule has 1 aromatic carbocycles. The molecule has 0 aliphatic carbocycles. The van der Waals surface area contributed by atoms with Crippen molar-refractivity contribution in [1.82, 2.24) is 5.32 Å². The normalized spacial score (nSPS) is 10.2. The Morgan fingerprint density at radius 3 is 2.75 bits per heavy atom. The summed E-state index contributed by atoms with van der Waals surface area (Å²) >= 11 is 1.86. The summed E-state index contributed by atoms with van der Waals surface area (Å²) in [6, 6.07) is 8.47. The molecule has 0 spiro atoms. The summed E-state index contributed by atoms with van der Waals surface area (Å²) in [5.74, 6) is 1.00. The number of benzene rings is 1. The summed E-state index contributed by atoms with van der Waals surface area (Å²) in [5.41, 5.74) is 1.36. The molecular formula is C10H15NS. The molecule has 2 heteroatoms. The molecule has 0 bridgehead atoms. The van der Waals surface area contributed by atoms with Crippen molar-refractivity contribution in [2.45, 2.75) is 18.7 Å². The topological polar surface area (TPSA) is 12.0 Å². The molecule has 1 rings (SSSR count). The Hall–Kier alpha value is -0.470. The second kappa shape index (κ2) is 5.22. The van der Waals surface area contributed by atoms with Gasteiger partial charge in [-0.15, -0.1) is 11.8 Å². The lowest BCUT2D eigenvalue weighted by Crippen LogP contribution is -2.10. The van der Waals surface area contributed by atoms with Crippen LogP contribution in [0.25, 0.3) is 0 Å². The summed E-state index contributed by atoms with van der Waals surface area (Å²) in [5, 5.41) is 3.29. The van der Waals surface area contributed by atoms with Crippen LogP contribution in [0.4, 0.5) is 0 Å². The van der Waals surface area contributed by atoms with E-state index >= 15 is 0 Å². The van der Waals surface area contributed by atoms with Crippen molar-refractivity contribution in [2.75, 3.05) is 12.4 Å². The number of nitrogens with one attached hydrogen (secondary N) is 1. The predicted molar refractivity (Wildman–Crippen MR) is 55.6 cm³/mol. The largest absolute Gasteiger partial charge is 0.308 e. The van der Waals surface area contributed by atoms with Crippen LogP contribution >= 0.6 is 11.8 Å². The van der Waals surface area contributed by atoms with Crippen molar-refractivity contribution in [3.05, 3.63) is 29.8 Å². The number of aryl methyl sites for hydroxylation is 1. The maximum absolute atomic E-state index is 3.29. The Labute approximate surface area is 78.6 Å². The lowest BCUT2D eigenvalue weighted by atomic mass is 10.2. The summed E-state index contributed by atoms with van der Waals surface area (Å²) in [7, 11) is 0. The Morgan fingerprint density at radius 1 is 1.33 bits per heavy atom. The number of hydrogen-bond donors (Lipinski definition) is 1. The van der Waals surface area contributed by atoms with Gasteiger partial charge in [-0.2, -0.15) is 0 Å². The van der Waals surface area contributed by atoms with E-state index in [4.69, 9.17) is 0 Å². The zero-order valence-electron chi connectivity index (χ0n) is 7.63. The van der Waals surface area contributed by atoms with Crippen molar-refractivity contribution < 1.29 is 0 Å². The Kier molecular flexibility index (Phi) is 4.19. The fraction of sp³-hybridized carbons (Fsp3) is 0.400. The second-order valence-corrected chi connectivity index (χ2v) is 3.67. The maximum Gasteiger partial charge on any atom is 0.0465 e. The molecule has 1 N–H and O–H groups in total. The third-order valence-electron chi connectivity index (χ3n) is 1.67. The molecule has 0 saturated heterocycles. The van der Waals surface area contributed by atoms with Crippen molar-refractivity contribution in [1.29, 1.82) is 0 Å². The Bertz CT molecular complexity index is 235. The Balaban J connectivity index is 2.46. The van der Waals surface area contributed by atoms with E-state index in [2.05, 4.69) is 43.4 Å². The van der Waals surface area contributed by atoms with Gasteiger partial charge in [-0.25, -0.2) is 0 Å². The van der Waals surface area contributed by atoms with E-state index in [0.29, 0.717) is 0 Å². The van der Waals surface area contributed by atoms with Gasteiger partial charge in [-0.05, 0) is 25.1 Å². The summed E-state index contributed by atoms with van der Waals surface area (Å²) in [6.07, 6.45) is 0. The summed E-state index contributed by atoms with van der Waals surface area (Å²) in [6.45, 7) is 5.31. The van der Waals surface area contributed by atoms with E-state index < -0.39 is 0 Å². The van der Waals surface area contributed by atoms with Crippen LogP contribution in [-0.2, 0) is 0 Å². The van der Waals surface area contributed by atoms with E-state index in [1.54, 1.807) is 0 Å². The minimum absolute atomic E-state index is 1.00. The van der Waals surface area contributed by atoms with Crippen LogP contribution in [0.3, 0.4) is 0 Å². The van der Waals surface area contributed by atoms with Gasteiger partial charge in [-0.3, -0.25) is 0 Å². The van der Waals surface area contributed by atoms with Gasteiger partial charge < -0.3 is 5.32 Å². The minimum Gasteiger partial charge on any atom is -0.308 e. The lowest BCUT2D eigenvalue weighted by molar-refractivity contribution is 0.839. The van der Waals surface area contributed by atoms with Crippen LogP contribution in [0.2, 0.25) is 0 Å². The molecule has 66 valence electrons. The van der Waals surface area contributed by atoms with Crippen LogP contribution in [-0.4, -0.2) is 12.4 Å². The van der Waals surface area contributed by atoms with Gasteiger partial charge in [0.1, 0.15) is 0 Å². The van der Waals surface area contributed by atoms with Crippen molar-refractivity contribution in [3.63, 3.8) is 0 Å². The van der Waals surface area contributed by atoms with Gasteiger partial charge in [-0.1, -0.05) is 25.1 Å². The van der Waals surface area contributed by atoms with E-state index in [9.17, 15) is 0 Å². The second-order valence-electron chi connectivity index (χ2n) is 2.66. The summed E-state index contributed by atoms with van der Waals surface area (Å²) < 4.78 is 0. The molecular weight excluding hydrogens is 166 g/mol. The first-order valence-corrected chi connectivity index (χ1v) is 5.22. The van der Waals surface area contributed by atoms with Crippen molar-refractivity contribution in [2.24, 2.45) is 0 Å². The minimum atomic E-state index is 1.00. The van der Waals surface area contributed by atoms with E-state index in [1.165, 1.54) is 10.5 Å². The van der Waals surface area contributed by atoms with E-state index in [-0.39, 0.29) is 0 Å². The van der Waals surface area contributed by atoms with E-state index in [1.807, 2.05) is 11.8 Å². The zero-order valence-corrected chi connectivity index (χ0v) is 8.45. The molecule has 0 heterocycles. The number of hydrogen-bond acceptors (Lipinski definition) is 2. The molecule has 1 aromatic rings. The molecule has 0 aromatic heterocycles. The Morgan fingerprint density at radius 2 is 2.08 bits per heavy atom. The standard InChI is InChI=1S/C10H15NS/c1-3-11-8-12-10-7-5-4-6-9(10)2/h4-7,11H,3,8H2,1-2H3. The molecule has 0 radical (unpaired) electrons. The summed E-state index contributed by atoms with van der Waals surface area (Å²) in [4.78, 5) is 1.37. The molecule has 0 amide bonds. The van der Waals surface area contributed by atoms with Crippen LogP contribution < -0.4 is 5.32 Å². The molecule has 0 unspecified atom stereocenters.